The van der Waals surface area contributed by atoms with Crippen molar-refractivity contribution < 1.29 is 18.0 Å². The summed E-state index contributed by atoms with van der Waals surface area (Å²) in [5.74, 6) is -0.0401. The third-order valence-corrected chi connectivity index (χ3v) is 5.42. The van der Waals surface area contributed by atoms with Gasteiger partial charge in [-0.3, -0.25) is 14.1 Å². The first-order valence-corrected chi connectivity index (χ1v) is 10.1. The smallest absolute Gasteiger partial charge is 0.285 e. The van der Waals surface area contributed by atoms with E-state index in [1.807, 2.05) is 45.0 Å². The lowest BCUT2D eigenvalue weighted by atomic mass is 10.0. The number of hydrogen-bond acceptors (Lipinski definition) is 2. The number of amides is 1. The van der Waals surface area contributed by atoms with E-state index in [0.717, 1.165) is 22.8 Å². The molecule has 0 atom stereocenters. The Morgan fingerprint density at radius 2 is 1.59 bits per heavy atom. The first kappa shape index (κ1) is 21.6. The molecule has 0 saturated heterocycles. The number of rotatable bonds is 3. The third-order valence-electron chi connectivity index (χ3n) is 5.42. The average molecular weight is 437 g/mol. The fourth-order valence-corrected chi connectivity index (χ4v) is 4.04. The fraction of sp³-hybridized carbons (Fsp3) is 0.200. The average Bonchev–Trinajstić information content (AvgIpc) is 3.08. The van der Waals surface area contributed by atoms with Crippen LogP contribution in [0.4, 0.5) is 24.7 Å². The highest BCUT2D eigenvalue weighted by Crippen LogP contribution is 2.43. The largest absolute Gasteiger partial charge is 0.417 e. The molecule has 0 aliphatic rings. The van der Waals surface area contributed by atoms with E-state index in [4.69, 9.17) is 0 Å². The Morgan fingerprint density at radius 3 is 2.22 bits per heavy atom. The summed E-state index contributed by atoms with van der Waals surface area (Å²) in [6.45, 7) is 7.02. The van der Waals surface area contributed by atoms with Crippen molar-refractivity contribution in [3.05, 3.63) is 83.0 Å². The number of nitrogens with zero attached hydrogens (tertiary/aromatic N) is 3. The summed E-state index contributed by atoms with van der Waals surface area (Å²) < 4.78 is 43.3. The van der Waals surface area contributed by atoms with Crippen molar-refractivity contribution in [2.45, 2.75) is 33.9 Å². The second-order valence-corrected chi connectivity index (χ2v) is 7.86. The summed E-state index contributed by atoms with van der Waals surface area (Å²) in [6.07, 6.45) is -2.79. The SMILES string of the molecule is CC(=O)N(c1c(C)cccc1C)c1c(-c2ccccc2C(F)(F)F)nc2ccc(C)cn12. The van der Waals surface area contributed by atoms with Crippen LogP contribution in [0.25, 0.3) is 16.9 Å². The van der Waals surface area contributed by atoms with Crippen molar-refractivity contribution in [3.8, 4) is 11.3 Å². The number of halogens is 3. The second kappa shape index (κ2) is 7.82. The van der Waals surface area contributed by atoms with Crippen molar-refractivity contribution in [2.24, 2.45) is 0 Å². The van der Waals surface area contributed by atoms with E-state index in [-0.39, 0.29) is 23.0 Å². The molecule has 32 heavy (non-hydrogen) atoms. The molecule has 4 aromatic rings. The molecule has 0 N–H and O–H groups in total. The lowest BCUT2D eigenvalue weighted by Gasteiger charge is -2.26. The van der Waals surface area contributed by atoms with E-state index < -0.39 is 11.7 Å². The molecule has 4 rings (SSSR count). The number of anilines is 2. The maximum atomic E-state index is 13.9. The molecular weight excluding hydrogens is 415 g/mol. The summed E-state index contributed by atoms with van der Waals surface area (Å²) in [6, 6.07) is 14.5. The van der Waals surface area contributed by atoms with Gasteiger partial charge in [0.25, 0.3) is 0 Å². The monoisotopic (exact) mass is 437 g/mol. The molecule has 0 fully saturated rings. The molecule has 164 valence electrons. The Kier molecular flexibility index (Phi) is 5.28. The molecule has 0 spiro atoms. The van der Waals surface area contributed by atoms with Crippen LogP contribution in [0.3, 0.4) is 0 Å². The fourth-order valence-electron chi connectivity index (χ4n) is 4.04. The number of fused-ring (bicyclic) bond motifs is 1. The van der Waals surface area contributed by atoms with Crippen molar-refractivity contribution >= 4 is 23.1 Å². The molecule has 2 heterocycles. The van der Waals surface area contributed by atoms with Gasteiger partial charge in [-0.2, -0.15) is 13.2 Å². The minimum atomic E-state index is -4.57. The Hall–Kier alpha value is -3.61. The van der Waals surface area contributed by atoms with Gasteiger partial charge in [0, 0.05) is 18.7 Å². The normalized spacial score (nSPS) is 11.7. The van der Waals surface area contributed by atoms with Gasteiger partial charge in [-0.25, -0.2) is 4.98 Å². The van der Waals surface area contributed by atoms with E-state index >= 15 is 0 Å². The molecule has 2 aromatic heterocycles. The van der Waals surface area contributed by atoms with Crippen LogP contribution in [0.15, 0.2) is 60.8 Å². The first-order chi connectivity index (χ1) is 15.1. The maximum absolute atomic E-state index is 13.9. The Bertz CT molecular complexity index is 1320. The van der Waals surface area contributed by atoms with Crippen LogP contribution in [0, 0.1) is 20.8 Å². The molecule has 0 aliphatic carbocycles. The quantitative estimate of drug-likeness (QED) is 0.361. The first-order valence-electron chi connectivity index (χ1n) is 10.1. The van der Waals surface area contributed by atoms with Crippen LogP contribution in [0.1, 0.15) is 29.2 Å². The number of aryl methyl sites for hydroxylation is 3. The molecule has 4 nitrogen and oxygen atoms in total. The van der Waals surface area contributed by atoms with Crippen LogP contribution in [-0.4, -0.2) is 15.3 Å². The molecule has 2 aromatic carbocycles. The van der Waals surface area contributed by atoms with E-state index in [2.05, 4.69) is 4.98 Å². The summed E-state index contributed by atoms with van der Waals surface area (Å²) in [5, 5.41) is 0. The Balaban J connectivity index is 2.14. The minimum Gasteiger partial charge on any atom is -0.285 e. The van der Waals surface area contributed by atoms with Gasteiger partial charge in [0.05, 0.1) is 11.3 Å². The van der Waals surface area contributed by atoms with Gasteiger partial charge in [0.1, 0.15) is 11.3 Å². The summed E-state index contributed by atoms with van der Waals surface area (Å²) in [4.78, 5) is 19.0. The standard InChI is InChI=1S/C25H22F3N3O/c1-15-12-13-21-29-22(19-10-5-6-11-20(19)25(26,27)28)24(30(21)14-15)31(18(4)32)23-16(2)8-7-9-17(23)3/h5-14H,1-4H3. The highest BCUT2D eigenvalue weighted by molar-refractivity contribution is 6.03. The van der Waals surface area contributed by atoms with Crippen LogP contribution in [0.5, 0.6) is 0 Å². The number of carbonyl (C=O) groups excluding carboxylic acids is 1. The number of pyridine rings is 1. The third kappa shape index (κ3) is 3.64. The highest BCUT2D eigenvalue weighted by atomic mass is 19.4. The van der Waals surface area contributed by atoms with Gasteiger partial charge < -0.3 is 0 Å². The molecule has 1 amide bonds. The lowest BCUT2D eigenvalue weighted by Crippen LogP contribution is -2.26. The number of alkyl halides is 3. The van der Waals surface area contributed by atoms with E-state index in [9.17, 15) is 18.0 Å². The molecular formula is C25H22F3N3O. The Morgan fingerprint density at radius 1 is 0.938 bits per heavy atom. The van der Waals surface area contributed by atoms with Crippen molar-refractivity contribution in [2.75, 3.05) is 4.90 Å². The van der Waals surface area contributed by atoms with Crippen LogP contribution in [0.2, 0.25) is 0 Å². The van der Waals surface area contributed by atoms with Gasteiger partial charge in [-0.1, -0.05) is 42.5 Å². The van der Waals surface area contributed by atoms with E-state index in [1.165, 1.54) is 24.0 Å². The topological polar surface area (TPSA) is 37.6 Å². The minimum absolute atomic E-state index is 0.0751. The number of hydrogen-bond donors (Lipinski definition) is 0. The molecule has 0 saturated carbocycles. The highest BCUT2D eigenvalue weighted by Gasteiger charge is 2.36. The number of benzene rings is 2. The second-order valence-electron chi connectivity index (χ2n) is 7.86. The van der Waals surface area contributed by atoms with Crippen LogP contribution in [-0.2, 0) is 11.0 Å². The summed E-state index contributed by atoms with van der Waals surface area (Å²) >= 11 is 0. The van der Waals surface area contributed by atoms with E-state index in [1.54, 1.807) is 22.7 Å². The molecule has 0 bridgehead atoms. The van der Waals surface area contributed by atoms with E-state index in [0.29, 0.717) is 11.3 Å². The van der Waals surface area contributed by atoms with Gasteiger partial charge in [0.2, 0.25) is 5.91 Å². The van der Waals surface area contributed by atoms with Crippen molar-refractivity contribution in [3.63, 3.8) is 0 Å². The van der Waals surface area contributed by atoms with Gasteiger partial charge in [0.15, 0.2) is 5.82 Å². The summed E-state index contributed by atoms with van der Waals surface area (Å²) in [5.41, 5.74) is 2.86. The van der Waals surface area contributed by atoms with Crippen molar-refractivity contribution in [1.29, 1.82) is 0 Å². The molecule has 0 unspecified atom stereocenters. The zero-order valence-electron chi connectivity index (χ0n) is 18.2. The molecule has 0 aliphatic heterocycles. The zero-order valence-corrected chi connectivity index (χ0v) is 18.2. The number of aromatic nitrogens is 2. The van der Waals surface area contributed by atoms with Crippen LogP contribution >= 0.6 is 0 Å². The number of carbonyl (C=O) groups is 1. The van der Waals surface area contributed by atoms with Gasteiger partial charge in [-0.15, -0.1) is 0 Å². The predicted molar refractivity (Wildman–Crippen MR) is 119 cm³/mol. The van der Waals surface area contributed by atoms with Gasteiger partial charge >= 0.3 is 6.18 Å². The maximum Gasteiger partial charge on any atom is 0.417 e. The predicted octanol–water partition coefficient (Wildman–Crippen LogP) is 6.63. The number of imidazole rings is 1. The summed E-state index contributed by atoms with van der Waals surface area (Å²) in [7, 11) is 0. The van der Waals surface area contributed by atoms with Crippen molar-refractivity contribution in [1.82, 2.24) is 9.38 Å². The molecule has 7 heteroatoms. The number of para-hydroxylation sites is 1. The molecule has 0 radical (unpaired) electrons. The Labute approximate surface area is 183 Å². The van der Waals surface area contributed by atoms with Gasteiger partial charge in [-0.05, 0) is 49.6 Å². The lowest BCUT2D eigenvalue weighted by molar-refractivity contribution is -0.137. The van der Waals surface area contributed by atoms with Crippen LogP contribution < -0.4 is 4.90 Å². The zero-order chi connectivity index (χ0) is 23.2.